The maximum Gasteiger partial charge on any atom is 0.220 e. The Morgan fingerprint density at radius 1 is 1.22 bits per heavy atom. The summed E-state index contributed by atoms with van der Waals surface area (Å²) in [6.45, 7) is 2.21. The number of hydrogen-bond acceptors (Lipinski definition) is 2. The minimum Gasteiger partial charge on any atom is -0.347 e. The summed E-state index contributed by atoms with van der Waals surface area (Å²) in [4.78, 5) is 12.4. The minimum absolute atomic E-state index is 0. The molecule has 1 saturated heterocycles. The van der Waals surface area contributed by atoms with E-state index in [-0.39, 0.29) is 23.9 Å². The van der Waals surface area contributed by atoms with Crippen LogP contribution >= 0.6 is 28.3 Å². The molecule has 1 aromatic rings. The molecule has 1 aliphatic carbocycles. The second kappa shape index (κ2) is 8.50. The highest BCUT2D eigenvalue weighted by Crippen LogP contribution is 2.41. The van der Waals surface area contributed by atoms with Gasteiger partial charge in [-0.3, -0.25) is 4.79 Å². The Bertz CT molecular complexity index is 510. The van der Waals surface area contributed by atoms with Gasteiger partial charge in [-0.05, 0) is 75.2 Å². The molecule has 1 saturated carbocycles. The van der Waals surface area contributed by atoms with Gasteiger partial charge in [0.25, 0.3) is 0 Å². The average Bonchev–Trinajstić information content (AvgIpc) is 2.51. The van der Waals surface area contributed by atoms with E-state index in [4.69, 9.17) is 0 Å². The van der Waals surface area contributed by atoms with Crippen molar-refractivity contribution in [3.8, 4) is 0 Å². The molecule has 1 heterocycles. The first-order valence-corrected chi connectivity index (χ1v) is 9.25. The van der Waals surface area contributed by atoms with E-state index in [0.717, 1.165) is 42.7 Å². The fraction of sp³-hybridized carbons (Fsp3) is 0.611. The predicted molar refractivity (Wildman–Crippen MR) is 99.9 cm³/mol. The van der Waals surface area contributed by atoms with Crippen LogP contribution in [0, 0.1) is 5.92 Å². The Balaban J connectivity index is 0.00000192. The second-order valence-corrected chi connectivity index (χ2v) is 7.64. The number of carbonyl (C=O) groups excluding carboxylic acids is 1. The lowest BCUT2D eigenvalue weighted by molar-refractivity contribution is -0.124. The summed E-state index contributed by atoms with van der Waals surface area (Å²) in [5, 5.41) is 6.72. The first kappa shape index (κ1) is 18.8. The van der Waals surface area contributed by atoms with Gasteiger partial charge in [-0.2, -0.15) is 0 Å². The van der Waals surface area contributed by atoms with Gasteiger partial charge in [0.1, 0.15) is 0 Å². The molecule has 2 N–H and O–H groups in total. The quantitative estimate of drug-likeness (QED) is 0.778. The fourth-order valence-electron chi connectivity index (χ4n) is 3.62. The molecule has 0 unspecified atom stereocenters. The number of carbonyl (C=O) groups is 1. The Kier molecular flexibility index (Phi) is 6.93. The molecule has 23 heavy (non-hydrogen) atoms. The summed E-state index contributed by atoms with van der Waals surface area (Å²) in [5.41, 5.74) is 1.14. The number of benzene rings is 1. The third kappa shape index (κ3) is 4.71. The van der Waals surface area contributed by atoms with Crippen molar-refractivity contribution in [2.24, 2.45) is 5.92 Å². The second-order valence-electron chi connectivity index (χ2n) is 6.72. The summed E-state index contributed by atoms with van der Waals surface area (Å²) < 4.78 is 1.09. The van der Waals surface area contributed by atoms with Crippen LogP contribution in [0.2, 0.25) is 0 Å². The van der Waals surface area contributed by atoms with Gasteiger partial charge in [0.05, 0.1) is 5.54 Å². The molecule has 2 fully saturated rings. The van der Waals surface area contributed by atoms with E-state index in [9.17, 15) is 4.79 Å². The summed E-state index contributed by atoms with van der Waals surface area (Å²) >= 11 is 3.48. The van der Waals surface area contributed by atoms with Crippen LogP contribution in [0.3, 0.4) is 0 Å². The number of rotatable bonds is 5. The van der Waals surface area contributed by atoms with Crippen molar-refractivity contribution in [3.63, 3.8) is 0 Å². The summed E-state index contributed by atoms with van der Waals surface area (Å²) in [5.74, 6) is 0.943. The highest BCUT2D eigenvalue weighted by molar-refractivity contribution is 9.10. The molecule has 0 spiro atoms. The predicted octanol–water partition coefficient (Wildman–Crippen LogP) is 4.15. The van der Waals surface area contributed by atoms with E-state index in [1.54, 1.807) is 0 Å². The average molecular weight is 402 g/mol. The largest absolute Gasteiger partial charge is 0.347 e. The molecular formula is C18H26BrClN2O. The third-order valence-corrected chi connectivity index (χ3v) is 5.75. The van der Waals surface area contributed by atoms with Gasteiger partial charge in [0, 0.05) is 10.9 Å². The van der Waals surface area contributed by atoms with Gasteiger partial charge in [-0.15, -0.1) is 12.4 Å². The van der Waals surface area contributed by atoms with Gasteiger partial charge in [-0.1, -0.05) is 28.1 Å². The molecule has 1 amide bonds. The molecule has 128 valence electrons. The van der Waals surface area contributed by atoms with Gasteiger partial charge in [0.2, 0.25) is 5.91 Å². The zero-order chi connectivity index (χ0) is 15.4. The van der Waals surface area contributed by atoms with Gasteiger partial charge in [0.15, 0.2) is 0 Å². The van der Waals surface area contributed by atoms with E-state index < -0.39 is 0 Å². The Morgan fingerprint density at radius 3 is 2.43 bits per heavy atom. The van der Waals surface area contributed by atoms with Crippen molar-refractivity contribution >= 4 is 34.2 Å². The summed E-state index contributed by atoms with van der Waals surface area (Å²) in [7, 11) is 0. The van der Waals surface area contributed by atoms with Crippen LogP contribution in [0.5, 0.6) is 0 Å². The summed E-state index contributed by atoms with van der Waals surface area (Å²) in [6.07, 6.45) is 7.45. The van der Waals surface area contributed by atoms with E-state index in [1.807, 2.05) is 0 Å². The molecule has 0 radical (unpaired) electrons. The highest BCUT2D eigenvalue weighted by atomic mass is 79.9. The lowest BCUT2D eigenvalue weighted by atomic mass is 9.71. The van der Waals surface area contributed by atoms with Gasteiger partial charge >= 0.3 is 0 Å². The van der Waals surface area contributed by atoms with Crippen LogP contribution in [0.1, 0.15) is 50.5 Å². The first-order chi connectivity index (χ1) is 10.7. The minimum atomic E-state index is -0.105. The Morgan fingerprint density at radius 2 is 1.87 bits per heavy atom. The van der Waals surface area contributed by atoms with E-state index in [2.05, 4.69) is 50.8 Å². The molecule has 0 atom stereocenters. The van der Waals surface area contributed by atoms with Crippen molar-refractivity contribution in [1.82, 2.24) is 10.6 Å². The topological polar surface area (TPSA) is 41.1 Å². The first-order valence-electron chi connectivity index (χ1n) is 8.46. The molecule has 0 bridgehead atoms. The lowest BCUT2D eigenvalue weighted by Gasteiger charge is -2.43. The van der Waals surface area contributed by atoms with Crippen LogP contribution in [0.4, 0.5) is 0 Å². The van der Waals surface area contributed by atoms with Gasteiger partial charge in [-0.25, -0.2) is 0 Å². The maximum atomic E-state index is 12.4. The van der Waals surface area contributed by atoms with Crippen molar-refractivity contribution in [3.05, 3.63) is 34.3 Å². The Hall–Kier alpha value is -0.580. The van der Waals surface area contributed by atoms with Crippen LogP contribution in [0.15, 0.2) is 28.7 Å². The molecule has 0 aromatic heterocycles. The zero-order valence-corrected chi connectivity index (χ0v) is 15.8. The molecular weight excluding hydrogens is 376 g/mol. The zero-order valence-electron chi connectivity index (χ0n) is 13.4. The van der Waals surface area contributed by atoms with Crippen molar-refractivity contribution in [2.75, 3.05) is 13.1 Å². The standard InChI is InChI=1S/C18H25BrN2O.ClH/c19-16-5-3-15(4-6-16)18(10-1-11-18)21-17(22)7-2-14-8-12-20-13-9-14;/h3-6,14,20H,1-2,7-13H2,(H,21,22);1H. The van der Waals surface area contributed by atoms with Crippen molar-refractivity contribution < 1.29 is 4.79 Å². The highest BCUT2D eigenvalue weighted by Gasteiger charge is 2.39. The monoisotopic (exact) mass is 400 g/mol. The van der Waals surface area contributed by atoms with Crippen molar-refractivity contribution in [2.45, 2.75) is 50.5 Å². The third-order valence-electron chi connectivity index (χ3n) is 5.22. The Labute approximate surface area is 153 Å². The summed E-state index contributed by atoms with van der Waals surface area (Å²) in [6, 6.07) is 8.40. The van der Waals surface area contributed by atoms with E-state index in [1.165, 1.54) is 24.8 Å². The number of piperidine rings is 1. The van der Waals surface area contributed by atoms with E-state index >= 15 is 0 Å². The van der Waals surface area contributed by atoms with E-state index in [0.29, 0.717) is 6.42 Å². The van der Waals surface area contributed by atoms with Crippen molar-refractivity contribution in [1.29, 1.82) is 0 Å². The van der Waals surface area contributed by atoms with Gasteiger partial charge < -0.3 is 10.6 Å². The lowest BCUT2D eigenvalue weighted by Crippen LogP contribution is -2.50. The normalized spacial score (nSPS) is 20.2. The number of halogens is 2. The number of hydrogen-bond donors (Lipinski definition) is 2. The fourth-order valence-corrected chi connectivity index (χ4v) is 3.88. The van der Waals surface area contributed by atoms with Crippen LogP contribution in [-0.4, -0.2) is 19.0 Å². The molecule has 2 aliphatic rings. The van der Waals surface area contributed by atoms with Crippen LogP contribution in [0.25, 0.3) is 0 Å². The van der Waals surface area contributed by atoms with Crippen LogP contribution in [-0.2, 0) is 10.3 Å². The molecule has 5 heteroatoms. The molecule has 3 nitrogen and oxygen atoms in total. The maximum absolute atomic E-state index is 12.4. The molecule has 1 aromatic carbocycles. The SMILES string of the molecule is Cl.O=C(CCC1CCNCC1)NC1(c2ccc(Br)cc2)CCC1. The molecule has 3 rings (SSSR count). The molecule has 1 aliphatic heterocycles. The smallest absolute Gasteiger partial charge is 0.220 e. The number of nitrogens with one attached hydrogen (secondary N) is 2. The number of amides is 1. The van der Waals surface area contributed by atoms with Crippen LogP contribution < -0.4 is 10.6 Å².